The lowest BCUT2D eigenvalue weighted by molar-refractivity contribution is 0.453. The van der Waals surface area contributed by atoms with Crippen LogP contribution >= 0.6 is 11.8 Å². The summed E-state index contributed by atoms with van der Waals surface area (Å²) in [6.07, 6.45) is 4.58. The van der Waals surface area contributed by atoms with Crippen LogP contribution in [0.4, 0.5) is 0 Å². The number of phenols is 1. The monoisotopic (exact) mass is 262 g/mol. The highest BCUT2D eigenvalue weighted by molar-refractivity contribution is 8.03. The molecule has 1 aliphatic heterocycles. The van der Waals surface area contributed by atoms with E-state index in [1.807, 2.05) is 12.1 Å². The lowest BCUT2D eigenvalue weighted by atomic mass is 9.87. The highest BCUT2D eigenvalue weighted by Crippen LogP contribution is 2.41. The molecule has 0 saturated heterocycles. The van der Waals surface area contributed by atoms with Crippen molar-refractivity contribution >= 4 is 11.8 Å². The van der Waals surface area contributed by atoms with E-state index in [9.17, 15) is 5.11 Å². The largest absolute Gasteiger partial charge is 0.508 e. The molecule has 1 aromatic carbocycles. The number of nitrogens with one attached hydrogen (secondary N) is 1. The molecule has 0 amide bonds. The van der Waals surface area contributed by atoms with Gasteiger partial charge in [0.1, 0.15) is 11.2 Å². The molecular weight excluding hydrogens is 244 g/mol. The second-order valence-corrected chi connectivity index (χ2v) is 6.30. The van der Waals surface area contributed by atoms with Gasteiger partial charge >= 0.3 is 0 Å². The molecule has 1 aromatic rings. The molecule has 2 unspecified atom stereocenters. The van der Waals surface area contributed by atoms with E-state index in [0.29, 0.717) is 11.7 Å². The third-order valence-corrected chi connectivity index (χ3v) is 4.73. The van der Waals surface area contributed by atoms with E-state index in [1.165, 1.54) is 22.6 Å². The summed E-state index contributed by atoms with van der Waals surface area (Å²) >= 11 is 1.77. The van der Waals surface area contributed by atoms with E-state index < -0.39 is 0 Å². The van der Waals surface area contributed by atoms with Crippen LogP contribution in [-0.4, -0.2) is 10.6 Å². The number of benzene rings is 1. The first kappa shape index (κ1) is 11.9. The molecule has 0 aromatic heterocycles. The summed E-state index contributed by atoms with van der Waals surface area (Å²) in [5, 5.41) is 12.6. The van der Waals surface area contributed by atoms with Gasteiger partial charge in [-0.25, -0.2) is 0 Å². The van der Waals surface area contributed by atoms with Crippen molar-refractivity contribution in [3.8, 4) is 5.75 Å². The second-order valence-electron chi connectivity index (χ2n) is 5.06. The molecule has 96 valence electrons. The molecule has 2 aliphatic rings. The standard InChI is InChI=1S/C14H18N2OS/c15-14-16-12-6-3-10(8-13(12)18-14)7-9-1-4-11(17)5-2-9/h1-2,4-5,10,14,16-17H,3,6-8,15H2. The highest BCUT2D eigenvalue weighted by atomic mass is 32.2. The average molecular weight is 262 g/mol. The minimum atomic E-state index is 0.0578. The normalized spacial score (nSPS) is 26.9. The van der Waals surface area contributed by atoms with Gasteiger partial charge in [0, 0.05) is 10.6 Å². The number of hydrogen-bond acceptors (Lipinski definition) is 4. The van der Waals surface area contributed by atoms with Crippen LogP contribution < -0.4 is 11.1 Å². The lowest BCUT2D eigenvalue weighted by Gasteiger charge is -2.23. The average Bonchev–Trinajstić information content (AvgIpc) is 2.71. The van der Waals surface area contributed by atoms with Gasteiger partial charge in [-0.05, 0) is 49.3 Å². The van der Waals surface area contributed by atoms with E-state index in [0.717, 1.165) is 19.3 Å². The zero-order valence-corrected chi connectivity index (χ0v) is 11.0. The summed E-state index contributed by atoms with van der Waals surface area (Å²) < 4.78 is 0. The summed E-state index contributed by atoms with van der Waals surface area (Å²) in [6.45, 7) is 0. The Balaban J connectivity index is 1.64. The SMILES string of the molecule is NC1NC2=C(CC(Cc3ccc(O)cc3)CC2)S1. The van der Waals surface area contributed by atoms with Gasteiger partial charge in [-0.1, -0.05) is 23.9 Å². The fourth-order valence-electron chi connectivity index (χ4n) is 2.74. The first-order chi connectivity index (χ1) is 8.70. The number of hydrogen-bond donors (Lipinski definition) is 3. The number of rotatable bonds is 2. The number of nitrogens with two attached hydrogens (primary N) is 1. The van der Waals surface area contributed by atoms with Crippen LogP contribution in [0.5, 0.6) is 5.75 Å². The zero-order chi connectivity index (χ0) is 12.5. The Hall–Kier alpha value is -1.13. The molecule has 1 aliphatic carbocycles. The number of thioether (sulfide) groups is 1. The smallest absolute Gasteiger partial charge is 0.127 e. The van der Waals surface area contributed by atoms with E-state index in [-0.39, 0.29) is 5.50 Å². The molecule has 4 N–H and O–H groups in total. The second kappa shape index (κ2) is 4.86. The summed E-state index contributed by atoms with van der Waals surface area (Å²) in [6, 6.07) is 7.57. The molecule has 0 radical (unpaired) electrons. The molecule has 18 heavy (non-hydrogen) atoms. The van der Waals surface area contributed by atoms with Gasteiger partial charge in [-0.2, -0.15) is 0 Å². The predicted molar refractivity (Wildman–Crippen MR) is 74.9 cm³/mol. The zero-order valence-electron chi connectivity index (χ0n) is 10.2. The first-order valence-electron chi connectivity index (χ1n) is 6.39. The van der Waals surface area contributed by atoms with Crippen molar-refractivity contribution in [1.82, 2.24) is 5.32 Å². The molecule has 0 fully saturated rings. The van der Waals surface area contributed by atoms with Crippen LogP contribution in [0.15, 0.2) is 34.9 Å². The van der Waals surface area contributed by atoms with Crippen LogP contribution in [0.25, 0.3) is 0 Å². The fraction of sp³-hybridized carbons (Fsp3) is 0.429. The maximum Gasteiger partial charge on any atom is 0.127 e. The van der Waals surface area contributed by atoms with Crippen molar-refractivity contribution in [3.63, 3.8) is 0 Å². The molecule has 0 spiro atoms. The fourth-order valence-corrected chi connectivity index (χ4v) is 3.88. The van der Waals surface area contributed by atoms with Gasteiger partial charge < -0.3 is 16.2 Å². The Morgan fingerprint density at radius 1 is 1.33 bits per heavy atom. The summed E-state index contributed by atoms with van der Waals surface area (Å²) in [5.41, 5.74) is 8.63. The summed E-state index contributed by atoms with van der Waals surface area (Å²) in [4.78, 5) is 1.46. The van der Waals surface area contributed by atoms with Gasteiger partial charge in [-0.3, -0.25) is 0 Å². The van der Waals surface area contributed by atoms with Crippen molar-refractivity contribution in [1.29, 1.82) is 0 Å². The number of aromatic hydroxyl groups is 1. The third-order valence-electron chi connectivity index (χ3n) is 3.66. The van der Waals surface area contributed by atoms with Gasteiger partial charge in [0.15, 0.2) is 0 Å². The molecule has 4 heteroatoms. The summed E-state index contributed by atoms with van der Waals surface area (Å²) in [5.74, 6) is 1.04. The molecule has 3 rings (SSSR count). The first-order valence-corrected chi connectivity index (χ1v) is 7.27. The Kier molecular flexibility index (Phi) is 3.22. The van der Waals surface area contributed by atoms with Crippen LogP contribution in [0, 0.1) is 5.92 Å². The van der Waals surface area contributed by atoms with Gasteiger partial charge in [0.25, 0.3) is 0 Å². The molecule has 0 saturated carbocycles. The Bertz CT molecular complexity index is 469. The van der Waals surface area contributed by atoms with E-state index in [4.69, 9.17) is 5.73 Å². The van der Waals surface area contributed by atoms with E-state index in [2.05, 4.69) is 5.32 Å². The third kappa shape index (κ3) is 2.49. The minimum Gasteiger partial charge on any atom is -0.508 e. The van der Waals surface area contributed by atoms with Crippen molar-refractivity contribution in [2.24, 2.45) is 11.7 Å². The number of phenolic OH excluding ortho intramolecular Hbond substituents is 1. The topological polar surface area (TPSA) is 58.3 Å². The van der Waals surface area contributed by atoms with Crippen molar-refractivity contribution in [3.05, 3.63) is 40.4 Å². The Morgan fingerprint density at radius 2 is 2.11 bits per heavy atom. The molecule has 1 heterocycles. The van der Waals surface area contributed by atoms with Crippen LogP contribution in [0.2, 0.25) is 0 Å². The molecule has 3 nitrogen and oxygen atoms in total. The summed E-state index contributed by atoms with van der Waals surface area (Å²) in [7, 11) is 0. The lowest BCUT2D eigenvalue weighted by Crippen LogP contribution is -2.29. The van der Waals surface area contributed by atoms with Gasteiger partial charge in [-0.15, -0.1) is 0 Å². The van der Waals surface area contributed by atoms with E-state index >= 15 is 0 Å². The number of allylic oxidation sites excluding steroid dienone is 2. The quantitative estimate of drug-likeness (QED) is 0.766. The Labute approximate surface area is 111 Å². The minimum absolute atomic E-state index is 0.0578. The van der Waals surface area contributed by atoms with Crippen molar-refractivity contribution in [2.75, 3.05) is 0 Å². The van der Waals surface area contributed by atoms with Crippen molar-refractivity contribution in [2.45, 2.75) is 31.2 Å². The molecule has 2 atom stereocenters. The van der Waals surface area contributed by atoms with Gasteiger partial charge in [0.05, 0.1) is 0 Å². The molecular formula is C14H18N2OS. The van der Waals surface area contributed by atoms with Gasteiger partial charge in [0.2, 0.25) is 0 Å². The van der Waals surface area contributed by atoms with Crippen LogP contribution in [0.3, 0.4) is 0 Å². The predicted octanol–water partition coefficient (Wildman–Crippen LogP) is 2.53. The maximum absolute atomic E-state index is 9.28. The van der Waals surface area contributed by atoms with E-state index in [1.54, 1.807) is 23.9 Å². The molecule has 0 bridgehead atoms. The van der Waals surface area contributed by atoms with Crippen LogP contribution in [0.1, 0.15) is 24.8 Å². The van der Waals surface area contributed by atoms with Crippen LogP contribution in [-0.2, 0) is 6.42 Å². The van der Waals surface area contributed by atoms with Crippen molar-refractivity contribution < 1.29 is 5.11 Å². The highest BCUT2D eigenvalue weighted by Gasteiger charge is 2.28. The Morgan fingerprint density at radius 3 is 2.89 bits per heavy atom. The maximum atomic E-state index is 9.28.